The molecule has 0 aromatic carbocycles. The van der Waals surface area contributed by atoms with Gasteiger partial charge in [0.25, 0.3) is 0 Å². The van der Waals surface area contributed by atoms with Gasteiger partial charge in [-0.05, 0) is 30.7 Å². The van der Waals surface area contributed by atoms with Crippen LogP contribution in [0.5, 0.6) is 0 Å². The van der Waals surface area contributed by atoms with E-state index in [0.29, 0.717) is 12.2 Å². The number of hydrogen-bond donors (Lipinski definition) is 1. The number of nitrogens with one attached hydrogen (secondary N) is 1. The Balaban J connectivity index is 1.99. The van der Waals surface area contributed by atoms with Crippen LogP contribution < -0.4 is 5.32 Å². The SMILES string of the molecule is CCCn1cccc1CNc1ccc(C(F)(F)F)nc1. The molecule has 2 aromatic heterocycles. The molecule has 0 atom stereocenters. The van der Waals surface area contributed by atoms with Crippen molar-refractivity contribution in [3.8, 4) is 0 Å². The molecule has 0 aliphatic heterocycles. The second-order valence-corrected chi connectivity index (χ2v) is 4.48. The van der Waals surface area contributed by atoms with Crippen LogP contribution in [0.25, 0.3) is 0 Å². The lowest BCUT2D eigenvalue weighted by molar-refractivity contribution is -0.141. The second kappa shape index (κ2) is 5.98. The van der Waals surface area contributed by atoms with E-state index in [1.165, 1.54) is 12.3 Å². The van der Waals surface area contributed by atoms with Crippen molar-refractivity contribution in [2.75, 3.05) is 5.32 Å². The molecule has 0 amide bonds. The molecule has 0 unspecified atom stereocenters. The molecule has 2 heterocycles. The highest BCUT2D eigenvalue weighted by molar-refractivity contribution is 5.41. The van der Waals surface area contributed by atoms with Gasteiger partial charge in [0.1, 0.15) is 5.69 Å². The normalized spacial score (nSPS) is 11.6. The Morgan fingerprint density at radius 1 is 1.25 bits per heavy atom. The molecular weight excluding hydrogens is 267 g/mol. The average molecular weight is 283 g/mol. The van der Waals surface area contributed by atoms with Crippen LogP contribution >= 0.6 is 0 Å². The van der Waals surface area contributed by atoms with Gasteiger partial charge in [-0.15, -0.1) is 0 Å². The lowest BCUT2D eigenvalue weighted by Gasteiger charge is -2.11. The van der Waals surface area contributed by atoms with Gasteiger partial charge in [-0.1, -0.05) is 6.92 Å². The third-order valence-corrected chi connectivity index (χ3v) is 2.92. The Labute approximate surface area is 115 Å². The molecule has 0 saturated carbocycles. The van der Waals surface area contributed by atoms with Crippen molar-refractivity contribution in [3.05, 3.63) is 48.0 Å². The van der Waals surface area contributed by atoms with Crippen LogP contribution in [0.3, 0.4) is 0 Å². The molecule has 0 aliphatic rings. The Bertz CT molecular complexity index is 544. The van der Waals surface area contributed by atoms with Gasteiger partial charge in [0.2, 0.25) is 0 Å². The molecule has 6 heteroatoms. The van der Waals surface area contributed by atoms with Gasteiger partial charge < -0.3 is 9.88 Å². The van der Waals surface area contributed by atoms with E-state index in [2.05, 4.69) is 21.8 Å². The first-order valence-electron chi connectivity index (χ1n) is 6.42. The minimum atomic E-state index is -4.39. The zero-order chi connectivity index (χ0) is 14.6. The fourth-order valence-electron chi connectivity index (χ4n) is 1.93. The van der Waals surface area contributed by atoms with Crippen LogP contribution in [0.2, 0.25) is 0 Å². The smallest absolute Gasteiger partial charge is 0.378 e. The number of anilines is 1. The fraction of sp³-hybridized carbons (Fsp3) is 0.357. The molecule has 0 spiro atoms. The number of alkyl halides is 3. The maximum Gasteiger partial charge on any atom is 0.433 e. The van der Waals surface area contributed by atoms with Gasteiger partial charge in [-0.3, -0.25) is 0 Å². The maximum atomic E-state index is 12.4. The Kier molecular flexibility index (Phi) is 4.32. The van der Waals surface area contributed by atoms with Crippen molar-refractivity contribution in [1.82, 2.24) is 9.55 Å². The molecule has 2 aromatic rings. The maximum absolute atomic E-state index is 12.4. The van der Waals surface area contributed by atoms with Crippen LogP contribution in [-0.4, -0.2) is 9.55 Å². The Morgan fingerprint density at radius 3 is 2.65 bits per heavy atom. The summed E-state index contributed by atoms with van der Waals surface area (Å²) in [5.74, 6) is 0. The van der Waals surface area contributed by atoms with Crippen molar-refractivity contribution >= 4 is 5.69 Å². The summed E-state index contributed by atoms with van der Waals surface area (Å²) in [6, 6.07) is 6.31. The van der Waals surface area contributed by atoms with E-state index in [9.17, 15) is 13.2 Å². The zero-order valence-corrected chi connectivity index (χ0v) is 11.1. The highest BCUT2D eigenvalue weighted by atomic mass is 19.4. The van der Waals surface area contributed by atoms with Crippen molar-refractivity contribution in [2.45, 2.75) is 32.6 Å². The minimum absolute atomic E-state index is 0.556. The number of nitrogens with zero attached hydrogens (tertiary/aromatic N) is 2. The molecule has 0 bridgehead atoms. The van der Waals surface area contributed by atoms with Crippen molar-refractivity contribution < 1.29 is 13.2 Å². The standard InChI is InChI=1S/C14H16F3N3/c1-2-7-20-8-3-4-12(20)10-18-11-5-6-13(19-9-11)14(15,16)17/h3-6,8-9,18H,2,7,10H2,1H3. The van der Waals surface area contributed by atoms with Crippen molar-refractivity contribution in [1.29, 1.82) is 0 Å². The van der Waals surface area contributed by atoms with E-state index in [4.69, 9.17) is 0 Å². The molecule has 20 heavy (non-hydrogen) atoms. The molecule has 2 rings (SSSR count). The third-order valence-electron chi connectivity index (χ3n) is 2.92. The molecular formula is C14H16F3N3. The summed E-state index contributed by atoms with van der Waals surface area (Å²) in [5.41, 5.74) is 0.784. The van der Waals surface area contributed by atoms with E-state index in [1.54, 1.807) is 0 Å². The van der Waals surface area contributed by atoms with Gasteiger partial charge in [-0.25, -0.2) is 4.98 Å². The number of aryl methyl sites for hydroxylation is 1. The van der Waals surface area contributed by atoms with E-state index in [0.717, 1.165) is 24.7 Å². The first-order chi connectivity index (χ1) is 9.50. The predicted molar refractivity (Wildman–Crippen MR) is 71.3 cm³/mol. The van der Waals surface area contributed by atoms with Crippen molar-refractivity contribution in [2.24, 2.45) is 0 Å². The Hall–Kier alpha value is -1.98. The molecule has 108 valence electrons. The number of pyridine rings is 1. The first-order valence-corrected chi connectivity index (χ1v) is 6.42. The molecule has 0 aliphatic carbocycles. The first kappa shape index (κ1) is 14.4. The zero-order valence-electron chi connectivity index (χ0n) is 11.1. The monoisotopic (exact) mass is 283 g/mol. The topological polar surface area (TPSA) is 29.9 Å². The Morgan fingerprint density at radius 2 is 2.05 bits per heavy atom. The second-order valence-electron chi connectivity index (χ2n) is 4.48. The number of rotatable bonds is 5. The third kappa shape index (κ3) is 3.53. The number of hydrogen-bond acceptors (Lipinski definition) is 2. The largest absolute Gasteiger partial charge is 0.433 e. The van der Waals surface area contributed by atoms with Crippen molar-refractivity contribution in [3.63, 3.8) is 0 Å². The molecule has 0 saturated heterocycles. The van der Waals surface area contributed by atoms with Crippen LogP contribution in [0, 0.1) is 0 Å². The van der Waals surface area contributed by atoms with Gasteiger partial charge in [-0.2, -0.15) is 13.2 Å². The summed E-state index contributed by atoms with van der Waals surface area (Å²) in [7, 11) is 0. The highest BCUT2D eigenvalue weighted by Gasteiger charge is 2.31. The van der Waals surface area contributed by atoms with Crippen LogP contribution in [0.4, 0.5) is 18.9 Å². The average Bonchev–Trinajstić information content (AvgIpc) is 2.84. The summed E-state index contributed by atoms with van der Waals surface area (Å²) < 4.78 is 39.3. The lowest BCUT2D eigenvalue weighted by Crippen LogP contribution is -2.09. The molecule has 0 fully saturated rings. The highest BCUT2D eigenvalue weighted by Crippen LogP contribution is 2.27. The van der Waals surface area contributed by atoms with Gasteiger partial charge in [0, 0.05) is 18.4 Å². The van der Waals surface area contributed by atoms with Crippen LogP contribution in [-0.2, 0) is 19.3 Å². The molecule has 3 nitrogen and oxygen atoms in total. The molecule has 1 N–H and O–H groups in total. The van der Waals surface area contributed by atoms with E-state index < -0.39 is 11.9 Å². The molecule has 0 radical (unpaired) electrons. The van der Waals surface area contributed by atoms with Gasteiger partial charge >= 0.3 is 6.18 Å². The summed E-state index contributed by atoms with van der Waals surface area (Å²) in [5, 5.41) is 3.07. The summed E-state index contributed by atoms with van der Waals surface area (Å²) in [4.78, 5) is 3.41. The van der Waals surface area contributed by atoms with Gasteiger partial charge in [0.05, 0.1) is 18.4 Å². The summed E-state index contributed by atoms with van der Waals surface area (Å²) in [6.07, 6.45) is -0.167. The number of aromatic nitrogens is 2. The van der Waals surface area contributed by atoms with E-state index in [1.807, 2.05) is 18.3 Å². The van der Waals surface area contributed by atoms with Crippen LogP contribution in [0.1, 0.15) is 24.7 Å². The summed E-state index contributed by atoms with van der Waals surface area (Å²) >= 11 is 0. The van der Waals surface area contributed by atoms with E-state index >= 15 is 0 Å². The van der Waals surface area contributed by atoms with Gasteiger partial charge in [0.15, 0.2) is 0 Å². The van der Waals surface area contributed by atoms with E-state index in [-0.39, 0.29) is 0 Å². The predicted octanol–water partition coefficient (Wildman–Crippen LogP) is 3.92. The van der Waals surface area contributed by atoms with Crippen LogP contribution in [0.15, 0.2) is 36.7 Å². The lowest BCUT2D eigenvalue weighted by atomic mass is 10.3. The fourth-order valence-corrected chi connectivity index (χ4v) is 1.93. The summed E-state index contributed by atoms with van der Waals surface area (Å²) in [6.45, 7) is 3.58. The minimum Gasteiger partial charge on any atom is -0.378 e. The quantitative estimate of drug-likeness (QED) is 0.901. The number of halogens is 3.